The minimum atomic E-state index is -0.988. The van der Waals surface area contributed by atoms with E-state index >= 15 is 8.78 Å². The van der Waals surface area contributed by atoms with E-state index in [1.165, 1.54) is 18.5 Å². The Kier molecular flexibility index (Phi) is 10.8. The number of hydrogen-bond acceptors (Lipinski definition) is 10. The third-order valence-electron chi connectivity index (χ3n) is 12.7. The third-order valence-corrected chi connectivity index (χ3v) is 12.7. The smallest absolute Gasteiger partial charge is 0.234 e. The highest BCUT2D eigenvalue weighted by Gasteiger charge is 2.35. The molecular weight excluding hydrogens is 741 g/mol. The van der Waals surface area contributed by atoms with E-state index in [4.69, 9.17) is 15.6 Å². The summed E-state index contributed by atoms with van der Waals surface area (Å²) in [5.41, 5.74) is 9.20. The fourth-order valence-electron chi connectivity index (χ4n) is 9.53. The molecule has 302 valence electrons. The molecule has 1 unspecified atom stereocenters. The molecule has 9 rings (SSSR count). The average Bonchev–Trinajstić information content (AvgIpc) is 3.64. The van der Waals surface area contributed by atoms with Gasteiger partial charge in [0.1, 0.15) is 41.0 Å². The van der Waals surface area contributed by atoms with Gasteiger partial charge < -0.3 is 20.3 Å². The molecule has 14 heteroatoms. The van der Waals surface area contributed by atoms with Gasteiger partial charge in [-0.3, -0.25) is 19.8 Å². The van der Waals surface area contributed by atoms with Gasteiger partial charge in [0.25, 0.3) is 0 Å². The standard InChI is InChI=1S/C44H49F2N9O3/c45-36-24-32(25-37(46)39(36)35-14-15-38(56)50-44(35)57)53-18-16-28(17-19-53)26-52-20-22-54(23-21-52)30-8-10-31(11-9-30)55-43-40(42(47)48-27-49-43)41(51-55)29-6-12-34(13-7-29)58-33-4-2-1-3-5-33/h1-7,12-13,24-25,27-28,30-31,35H,8-11,14-23,26H2,(H2,47,48,49)(H,50,56,57). The Morgan fingerprint density at radius 1 is 0.776 bits per heavy atom. The van der Waals surface area contributed by atoms with Crippen molar-refractivity contribution in [1.82, 2.24) is 34.9 Å². The highest BCUT2D eigenvalue weighted by atomic mass is 19.1. The molecule has 1 aliphatic carbocycles. The monoisotopic (exact) mass is 789 g/mol. The summed E-state index contributed by atoms with van der Waals surface area (Å²) < 4.78 is 38.5. The maximum atomic E-state index is 15.2. The van der Waals surface area contributed by atoms with Crippen LogP contribution in [0.2, 0.25) is 0 Å². The molecule has 1 atom stereocenters. The number of nitrogens with zero attached hydrogens (tertiary/aromatic N) is 7. The van der Waals surface area contributed by atoms with Gasteiger partial charge >= 0.3 is 0 Å². The Labute approximate surface area is 336 Å². The number of anilines is 2. The number of nitrogens with one attached hydrogen (secondary N) is 1. The molecule has 3 aliphatic heterocycles. The summed E-state index contributed by atoms with van der Waals surface area (Å²) >= 11 is 0. The number of nitrogens with two attached hydrogens (primary N) is 1. The molecule has 1 saturated carbocycles. The van der Waals surface area contributed by atoms with Gasteiger partial charge in [0.05, 0.1) is 17.3 Å². The zero-order valence-corrected chi connectivity index (χ0v) is 32.5. The van der Waals surface area contributed by atoms with Crippen molar-refractivity contribution in [2.24, 2.45) is 5.92 Å². The van der Waals surface area contributed by atoms with Crippen LogP contribution in [0.3, 0.4) is 0 Å². The lowest BCUT2D eigenvalue weighted by atomic mass is 9.89. The molecular formula is C44H49F2N9O3. The van der Waals surface area contributed by atoms with Crippen LogP contribution in [0, 0.1) is 17.6 Å². The van der Waals surface area contributed by atoms with Crippen molar-refractivity contribution in [1.29, 1.82) is 0 Å². The van der Waals surface area contributed by atoms with Crippen LogP contribution in [-0.2, 0) is 9.59 Å². The Balaban J connectivity index is 0.758. The second-order valence-electron chi connectivity index (χ2n) is 16.2. The fraction of sp³-hybridized carbons (Fsp3) is 0.432. The summed E-state index contributed by atoms with van der Waals surface area (Å²) in [5, 5.41) is 8.11. The lowest BCUT2D eigenvalue weighted by Gasteiger charge is -2.43. The van der Waals surface area contributed by atoms with Crippen LogP contribution < -0.4 is 20.7 Å². The maximum absolute atomic E-state index is 15.2. The predicted octanol–water partition coefficient (Wildman–Crippen LogP) is 6.68. The lowest BCUT2D eigenvalue weighted by molar-refractivity contribution is -0.134. The first-order valence-corrected chi connectivity index (χ1v) is 20.6. The zero-order chi connectivity index (χ0) is 39.8. The van der Waals surface area contributed by atoms with Crippen LogP contribution in [0.15, 0.2) is 73.1 Å². The second-order valence-corrected chi connectivity index (χ2v) is 16.2. The molecule has 0 radical (unpaired) electrons. The van der Waals surface area contributed by atoms with E-state index in [0.29, 0.717) is 23.5 Å². The first kappa shape index (κ1) is 38.1. The maximum Gasteiger partial charge on any atom is 0.234 e. The number of piperazine rings is 1. The molecule has 2 amide bonds. The van der Waals surface area contributed by atoms with Crippen molar-refractivity contribution < 1.29 is 23.1 Å². The van der Waals surface area contributed by atoms with Crippen molar-refractivity contribution >= 4 is 34.4 Å². The molecule has 58 heavy (non-hydrogen) atoms. The van der Waals surface area contributed by atoms with E-state index in [2.05, 4.69) is 29.8 Å². The fourth-order valence-corrected chi connectivity index (χ4v) is 9.53. The van der Waals surface area contributed by atoms with E-state index in [9.17, 15) is 9.59 Å². The molecule has 0 spiro atoms. The minimum Gasteiger partial charge on any atom is -0.457 e. The number of piperidine rings is 2. The normalized spacial score (nSPS) is 22.7. The molecule has 3 N–H and O–H groups in total. The zero-order valence-electron chi connectivity index (χ0n) is 32.5. The average molecular weight is 790 g/mol. The number of carbonyl (C=O) groups is 2. The van der Waals surface area contributed by atoms with Crippen LogP contribution in [0.4, 0.5) is 20.3 Å². The van der Waals surface area contributed by atoms with Gasteiger partial charge in [0.2, 0.25) is 11.8 Å². The predicted molar refractivity (Wildman–Crippen MR) is 217 cm³/mol. The van der Waals surface area contributed by atoms with Gasteiger partial charge in [0.15, 0.2) is 5.65 Å². The molecule has 2 aromatic heterocycles. The van der Waals surface area contributed by atoms with Gasteiger partial charge in [-0.05, 0) is 99.4 Å². The SMILES string of the molecule is Nc1ncnc2c1c(-c1ccc(Oc3ccccc3)cc1)nn2C1CCC(N2CCN(CC3CCN(c4cc(F)c(C5CCC(=O)NC5=O)c(F)c4)CC3)CC2)CC1. The second kappa shape index (κ2) is 16.4. The molecule has 5 aromatic rings. The van der Waals surface area contributed by atoms with Gasteiger partial charge in [-0.25, -0.2) is 23.4 Å². The number of hydrogen-bond donors (Lipinski definition) is 2. The van der Waals surface area contributed by atoms with Crippen molar-refractivity contribution in [2.75, 3.05) is 56.4 Å². The van der Waals surface area contributed by atoms with E-state index in [1.54, 1.807) is 0 Å². The molecule has 3 saturated heterocycles. The molecule has 0 bridgehead atoms. The van der Waals surface area contributed by atoms with Gasteiger partial charge in [-0.2, -0.15) is 5.10 Å². The molecule has 4 fully saturated rings. The van der Waals surface area contributed by atoms with Gasteiger partial charge in [0, 0.05) is 75.1 Å². The lowest BCUT2D eigenvalue weighted by Crippen LogP contribution is -2.52. The van der Waals surface area contributed by atoms with E-state index in [1.807, 2.05) is 59.5 Å². The number of amides is 2. The number of para-hydroxylation sites is 1. The number of ether oxygens (including phenoxy) is 1. The van der Waals surface area contributed by atoms with Crippen molar-refractivity contribution in [3.63, 3.8) is 0 Å². The van der Waals surface area contributed by atoms with Crippen LogP contribution in [0.5, 0.6) is 11.5 Å². The highest BCUT2D eigenvalue weighted by molar-refractivity contribution is 6.01. The number of imide groups is 1. The first-order valence-electron chi connectivity index (χ1n) is 20.6. The van der Waals surface area contributed by atoms with E-state index < -0.39 is 29.4 Å². The molecule has 12 nitrogen and oxygen atoms in total. The summed E-state index contributed by atoms with van der Waals surface area (Å²) in [5.74, 6) is -1.00. The number of rotatable bonds is 9. The van der Waals surface area contributed by atoms with Crippen LogP contribution in [0.1, 0.15) is 68.9 Å². The molecule has 3 aromatic carbocycles. The Hall–Kier alpha value is -5.47. The summed E-state index contributed by atoms with van der Waals surface area (Å²) in [7, 11) is 0. The summed E-state index contributed by atoms with van der Waals surface area (Å²) in [6.07, 6.45) is 7.85. The Morgan fingerprint density at radius 2 is 1.45 bits per heavy atom. The van der Waals surface area contributed by atoms with E-state index in [0.717, 1.165) is 118 Å². The summed E-state index contributed by atoms with van der Waals surface area (Å²) in [4.78, 5) is 40.1. The Bertz CT molecular complexity index is 2240. The number of halogens is 2. The van der Waals surface area contributed by atoms with Crippen molar-refractivity contribution in [2.45, 2.75) is 69.4 Å². The van der Waals surface area contributed by atoms with E-state index in [-0.39, 0.29) is 24.4 Å². The number of fused-ring (bicyclic) bond motifs is 1. The highest BCUT2D eigenvalue weighted by Crippen LogP contribution is 2.38. The van der Waals surface area contributed by atoms with Crippen molar-refractivity contribution in [3.8, 4) is 22.8 Å². The van der Waals surface area contributed by atoms with Crippen LogP contribution in [0.25, 0.3) is 22.3 Å². The number of carbonyl (C=O) groups excluding carboxylic acids is 2. The molecule has 5 heterocycles. The van der Waals surface area contributed by atoms with Gasteiger partial charge in [-0.1, -0.05) is 18.2 Å². The topological polar surface area (TPSA) is 135 Å². The largest absolute Gasteiger partial charge is 0.457 e. The first-order chi connectivity index (χ1) is 28.3. The van der Waals surface area contributed by atoms with Crippen molar-refractivity contribution in [3.05, 3.63) is 90.3 Å². The quantitative estimate of drug-likeness (QED) is 0.156. The number of benzene rings is 3. The van der Waals surface area contributed by atoms with Crippen LogP contribution >= 0.6 is 0 Å². The number of aromatic nitrogens is 4. The Morgan fingerprint density at radius 3 is 2.14 bits per heavy atom. The third kappa shape index (κ3) is 7.87. The van der Waals surface area contributed by atoms with Gasteiger partial charge in [-0.15, -0.1) is 0 Å². The molecule has 4 aliphatic rings. The summed E-state index contributed by atoms with van der Waals surface area (Å²) in [6.45, 7) is 6.67. The van der Waals surface area contributed by atoms with Crippen LogP contribution in [-0.4, -0.2) is 93.2 Å². The summed E-state index contributed by atoms with van der Waals surface area (Å²) in [6, 6.07) is 21.1. The number of nitrogen functional groups attached to an aromatic ring is 1. The minimum absolute atomic E-state index is 0.0732.